The molecule has 0 spiro atoms. The van der Waals surface area contributed by atoms with Gasteiger partial charge in [0.25, 0.3) is 0 Å². The monoisotopic (exact) mass is 185 g/mol. The quantitative estimate of drug-likeness (QED) is 0.662. The van der Waals surface area contributed by atoms with Crippen LogP contribution < -0.4 is 5.73 Å². The van der Waals surface area contributed by atoms with Gasteiger partial charge in [0.05, 0.1) is 6.04 Å². The predicted molar refractivity (Wildman–Crippen MR) is 56.6 cm³/mol. The van der Waals surface area contributed by atoms with E-state index in [2.05, 4.69) is 20.8 Å². The first-order valence-corrected chi connectivity index (χ1v) is 5.36. The Bertz CT molecular complexity index is 143. The normalized spacial score (nSPS) is 13.3. The molecule has 0 heterocycles. The van der Waals surface area contributed by atoms with Crippen molar-refractivity contribution in [2.45, 2.75) is 58.9 Å². The molecule has 1 unspecified atom stereocenters. The Kier molecular flexibility index (Phi) is 6.87. The lowest BCUT2D eigenvalue weighted by Crippen LogP contribution is -2.30. The molecule has 0 rings (SSSR count). The van der Waals surface area contributed by atoms with Gasteiger partial charge >= 0.3 is 0 Å². The third kappa shape index (κ3) is 6.76. The fourth-order valence-corrected chi connectivity index (χ4v) is 1.20. The van der Waals surface area contributed by atoms with Crippen molar-refractivity contribution in [1.29, 1.82) is 0 Å². The summed E-state index contributed by atoms with van der Waals surface area (Å²) in [5, 5.41) is 0. The van der Waals surface area contributed by atoms with Crippen LogP contribution >= 0.6 is 0 Å². The summed E-state index contributed by atoms with van der Waals surface area (Å²) in [5.41, 5.74) is 5.74. The maximum Gasteiger partial charge on any atom is 0.149 e. The zero-order chi connectivity index (χ0) is 10.3. The predicted octanol–water partition coefficient (Wildman–Crippen LogP) is 2.51. The van der Waals surface area contributed by atoms with E-state index in [9.17, 15) is 4.79 Å². The molecular formula is C11H23NO. The number of ketones is 1. The third-order valence-corrected chi connectivity index (χ3v) is 2.25. The van der Waals surface area contributed by atoms with Gasteiger partial charge in [0, 0.05) is 6.42 Å². The minimum atomic E-state index is -0.210. The van der Waals surface area contributed by atoms with E-state index in [1.54, 1.807) is 0 Å². The molecule has 78 valence electrons. The summed E-state index contributed by atoms with van der Waals surface area (Å²) in [6, 6.07) is -0.210. The fourth-order valence-electron chi connectivity index (χ4n) is 1.20. The van der Waals surface area contributed by atoms with Crippen LogP contribution in [-0.2, 0) is 4.79 Å². The van der Waals surface area contributed by atoms with Crippen molar-refractivity contribution < 1.29 is 4.79 Å². The van der Waals surface area contributed by atoms with E-state index < -0.39 is 0 Å². The first-order valence-electron chi connectivity index (χ1n) is 5.36. The molecule has 0 saturated carbocycles. The third-order valence-electron chi connectivity index (χ3n) is 2.25. The highest BCUT2D eigenvalue weighted by molar-refractivity contribution is 5.83. The molecule has 0 bridgehead atoms. The molecule has 0 aromatic heterocycles. The highest BCUT2D eigenvalue weighted by Crippen LogP contribution is 2.07. The van der Waals surface area contributed by atoms with Gasteiger partial charge in [-0.1, -0.05) is 33.6 Å². The van der Waals surface area contributed by atoms with Crippen LogP contribution in [0.15, 0.2) is 0 Å². The van der Waals surface area contributed by atoms with Crippen LogP contribution in [0, 0.1) is 5.92 Å². The highest BCUT2D eigenvalue weighted by Gasteiger charge is 2.12. The summed E-state index contributed by atoms with van der Waals surface area (Å²) in [7, 11) is 0. The number of carbonyl (C=O) groups is 1. The second-order valence-corrected chi connectivity index (χ2v) is 4.15. The molecule has 0 aliphatic carbocycles. The number of hydrogen-bond acceptors (Lipinski definition) is 2. The van der Waals surface area contributed by atoms with E-state index in [1.807, 2.05) is 0 Å². The van der Waals surface area contributed by atoms with Gasteiger partial charge in [-0.25, -0.2) is 0 Å². The summed E-state index contributed by atoms with van der Waals surface area (Å²) in [5.74, 6) is 0.837. The zero-order valence-electron chi connectivity index (χ0n) is 9.18. The molecule has 0 aromatic rings. The fraction of sp³-hybridized carbons (Fsp3) is 0.909. The van der Waals surface area contributed by atoms with Crippen molar-refractivity contribution in [2.75, 3.05) is 0 Å². The van der Waals surface area contributed by atoms with E-state index in [4.69, 9.17) is 5.73 Å². The molecule has 2 N–H and O–H groups in total. The molecule has 0 aliphatic rings. The molecular weight excluding hydrogens is 162 g/mol. The maximum atomic E-state index is 11.4. The molecule has 0 radical (unpaired) electrons. The minimum Gasteiger partial charge on any atom is -0.322 e. The first kappa shape index (κ1) is 12.6. The zero-order valence-corrected chi connectivity index (χ0v) is 9.18. The van der Waals surface area contributed by atoms with Gasteiger partial charge < -0.3 is 5.73 Å². The van der Waals surface area contributed by atoms with E-state index in [0.29, 0.717) is 12.3 Å². The highest BCUT2D eigenvalue weighted by atomic mass is 16.1. The van der Waals surface area contributed by atoms with Crippen molar-refractivity contribution in [1.82, 2.24) is 0 Å². The Morgan fingerprint density at radius 2 is 1.92 bits per heavy atom. The molecule has 0 aliphatic heterocycles. The smallest absolute Gasteiger partial charge is 0.149 e. The topological polar surface area (TPSA) is 43.1 Å². The molecule has 0 aromatic carbocycles. The van der Waals surface area contributed by atoms with E-state index in [0.717, 1.165) is 25.7 Å². The minimum absolute atomic E-state index is 0.210. The number of hydrogen-bond donors (Lipinski definition) is 1. The lowest BCUT2D eigenvalue weighted by Gasteiger charge is -2.10. The van der Waals surface area contributed by atoms with Crippen molar-refractivity contribution in [3.63, 3.8) is 0 Å². The molecule has 0 saturated heterocycles. The van der Waals surface area contributed by atoms with Gasteiger partial charge in [0.15, 0.2) is 0 Å². The van der Waals surface area contributed by atoms with Crippen LogP contribution in [0.4, 0.5) is 0 Å². The average molecular weight is 185 g/mol. The Hall–Kier alpha value is -0.370. The molecule has 2 heteroatoms. The average Bonchev–Trinajstić information content (AvgIpc) is 2.10. The first-order chi connectivity index (χ1) is 6.07. The summed E-state index contributed by atoms with van der Waals surface area (Å²) in [6.07, 6.45) is 4.66. The molecule has 2 nitrogen and oxygen atoms in total. The van der Waals surface area contributed by atoms with Gasteiger partial charge in [-0.05, 0) is 18.8 Å². The molecule has 0 fully saturated rings. The molecule has 1 atom stereocenters. The number of rotatable bonds is 7. The van der Waals surface area contributed by atoms with Gasteiger partial charge in [-0.15, -0.1) is 0 Å². The van der Waals surface area contributed by atoms with Gasteiger partial charge in [0.1, 0.15) is 5.78 Å². The molecule has 13 heavy (non-hydrogen) atoms. The maximum absolute atomic E-state index is 11.4. The van der Waals surface area contributed by atoms with Crippen molar-refractivity contribution in [3.05, 3.63) is 0 Å². The number of Topliss-reactive ketones (excluding diaryl/α,β-unsaturated/α-hetero) is 1. The molecule has 0 amide bonds. The van der Waals surface area contributed by atoms with Crippen LogP contribution in [0.2, 0.25) is 0 Å². The van der Waals surface area contributed by atoms with Crippen LogP contribution in [0.5, 0.6) is 0 Å². The number of nitrogens with two attached hydrogens (primary N) is 1. The Morgan fingerprint density at radius 3 is 2.38 bits per heavy atom. The summed E-state index contributed by atoms with van der Waals surface area (Å²) < 4.78 is 0. The van der Waals surface area contributed by atoms with Gasteiger partial charge in [-0.3, -0.25) is 4.79 Å². The number of carbonyl (C=O) groups excluding carboxylic acids is 1. The van der Waals surface area contributed by atoms with Crippen LogP contribution in [0.1, 0.15) is 52.9 Å². The van der Waals surface area contributed by atoms with Gasteiger partial charge in [0.2, 0.25) is 0 Å². The van der Waals surface area contributed by atoms with Crippen LogP contribution in [0.25, 0.3) is 0 Å². The summed E-state index contributed by atoms with van der Waals surface area (Å²) in [6.45, 7) is 6.38. The second kappa shape index (κ2) is 7.07. The standard InChI is InChI=1S/C11H23NO/c1-4-5-6-10(12)11(13)8-7-9(2)3/h9-10H,4-8,12H2,1-3H3. The second-order valence-electron chi connectivity index (χ2n) is 4.15. The Balaban J connectivity index is 3.57. The summed E-state index contributed by atoms with van der Waals surface area (Å²) in [4.78, 5) is 11.4. The van der Waals surface area contributed by atoms with E-state index >= 15 is 0 Å². The van der Waals surface area contributed by atoms with Crippen LogP contribution in [0.3, 0.4) is 0 Å². The lowest BCUT2D eigenvalue weighted by molar-refractivity contribution is -0.120. The number of unbranched alkanes of at least 4 members (excludes halogenated alkanes) is 1. The van der Waals surface area contributed by atoms with E-state index in [-0.39, 0.29) is 11.8 Å². The van der Waals surface area contributed by atoms with Crippen molar-refractivity contribution in [3.8, 4) is 0 Å². The Labute approximate surface area is 81.9 Å². The SMILES string of the molecule is CCCCC(N)C(=O)CCC(C)C. The summed E-state index contributed by atoms with van der Waals surface area (Å²) >= 11 is 0. The van der Waals surface area contributed by atoms with Gasteiger partial charge in [-0.2, -0.15) is 0 Å². The Morgan fingerprint density at radius 1 is 1.31 bits per heavy atom. The van der Waals surface area contributed by atoms with Crippen molar-refractivity contribution in [2.24, 2.45) is 11.7 Å². The van der Waals surface area contributed by atoms with Crippen LogP contribution in [-0.4, -0.2) is 11.8 Å². The largest absolute Gasteiger partial charge is 0.322 e. The van der Waals surface area contributed by atoms with E-state index in [1.165, 1.54) is 0 Å². The lowest BCUT2D eigenvalue weighted by atomic mass is 9.99. The van der Waals surface area contributed by atoms with Crippen molar-refractivity contribution >= 4 is 5.78 Å².